The van der Waals surface area contributed by atoms with Crippen molar-refractivity contribution >= 4 is 33.0 Å². The van der Waals surface area contributed by atoms with Crippen molar-refractivity contribution in [1.29, 1.82) is 0 Å². The van der Waals surface area contributed by atoms with Crippen molar-refractivity contribution in [2.75, 3.05) is 42.0 Å². The standard InChI is InChI=1S/C24H28F2N4O3S/c1-30-9-5-15(6-10-30)14-27-20-13-17(12-18-22(20)28-23(31)24(18)7-2-8-24)29-34(32,33)21-4-3-16(25)11-19(21)26/h3-4,11-13,15,27,29H,2,5-10,14H2,1H3,(H,28,31). The van der Waals surface area contributed by atoms with Gasteiger partial charge in [0.1, 0.15) is 16.5 Å². The molecule has 2 aliphatic heterocycles. The predicted molar refractivity (Wildman–Crippen MR) is 126 cm³/mol. The van der Waals surface area contributed by atoms with E-state index in [1.165, 1.54) is 0 Å². The lowest BCUT2D eigenvalue weighted by Gasteiger charge is -2.36. The van der Waals surface area contributed by atoms with Crippen molar-refractivity contribution < 1.29 is 22.0 Å². The molecule has 7 nitrogen and oxygen atoms in total. The number of nitrogens with zero attached hydrogens (tertiary/aromatic N) is 1. The zero-order chi connectivity index (χ0) is 24.1. The molecule has 1 amide bonds. The molecule has 0 atom stereocenters. The molecule has 1 saturated heterocycles. The Hall–Kier alpha value is -2.72. The number of likely N-dealkylation sites (tertiary alicyclic amines) is 1. The first kappa shape index (κ1) is 23.0. The molecule has 182 valence electrons. The average molecular weight is 491 g/mol. The van der Waals surface area contributed by atoms with Crippen LogP contribution in [-0.2, 0) is 20.2 Å². The fraction of sp³-hybridized carbons (Fsp3) is 0.458. The molecule has 0 unspecified atom stereocenters. The van der Waals surface area contributed by atoms with Crippen LogP contribution in [0, 0.1) is 17.6 Å². The summed E-state index contributed by atoms with van der Waals surface area (Å²) in [5.41, 5.74) is 1.67. The number of rotatable bonds is 6. The Morgan fingerprint density at radius 1 is 1.15 bits per heavy atom. The van der Waals surface area contributed by atoms with E-state index in [2.05, 4.69) is 27.3 Å². The minimum atomic E-state index is -4.31. The second-order valence-electron chi connectivity index (χ2n) is 9.64. The number of halogens is 2. The number of carbonyl (C=O) groups is 1. The minimum absolute atomic E-state index is 0.0688. The molecule has 5 rings (SSSR count). The lowest BCUT2D eigenvalue weighted by atomic mass is 9.65. The van der Waals surface area contributed by atoms with E-state index in [0.717, 1.165) is 50.0 Å². The highest BCUT2D eigenvalue weighted by molar-refractivity contribution is 7.92. The molecule has 2 heterocycles. The molecule has 2 fully saturated rings. The van der Waals surface area contributed by atoms with Gasteiger partial charge >= 0.3 is 0 Å². The Bertz CT molecular complexity index is 1240. The summed E-state index contributed by atoms with van der Waals surface area (Å²) in [4.78, 5) is 14.5. The fourth-order valence-electron chi connectivity index (χ4n) is 5.16. The monoisotopic (exact) mass is 490 g/mol. The van der Waals surface area contributed by atoms with E-state index >= 15 is 0 Å². The SMILES string of the molecule is CN1CCC(CNc2cc(NS(=O)(=O)c3ccc(F)cc3F)cc3c2NC(=O)C32CCC2)CC1. The third-order valence-electron chi connectivity index (χ3n) is 7.39. The van der Waals surface area contributed by atoms with E-state index in [0.29, 0.717) is 42.7 Å². The molecule has 3 aliphatic rings. The van der Waals surface area contributed by atoms with Crippen LogP contribution in [0.5, 0.6) is 0 Å². The second kappa shape index (κ2) is 8.49. The van der Waals surface area contributed by atoms with Crippen molar-refractivity contribution in [2.45, 2.75) is 42.4 Å². The number of piperidine rings is 1. The van der Waals surface area contributed by atoms with Gasteiger partial charge in [0.05, 0.1) is 22.5 Å². The summed E-state index contributed by atoms with van der Waals surface area (Å²) in [6.45, 7) is 2.74. The maximum Gasteiger partial charge on any atom is 0.264 e. The smallest absolute Gasteiger partial charge is 0.264 e. The van der Waals surface area contributed by atoms with Gasteiger partial charge in [0.2, 0.25) is 5.91 Å². The summed E-state index contributed by atoms with van der Waals surface area (Å²) in [7, 11) is -2.21. The normalized spacial score (nSPS) is 20.0. The van der Waals surface area contributed by atoms with Gasteiger partial charge in [-0.2, -0.15) is 0 Å². The summed E-state index contributed by atoms with van der Waals surface area (Å²) >= 11 is 0. The first-order valence-corrected chi connectivity index (χ1v) is 13.1. The predicted octanol–water partition coefficient (Wildman–Crippen LogP) is 3.89. The Labute approximate surface area is 198 Å². The van der Waals surface area contributed by atoms with Gasteiger partial charge in [-0.3, -0.25) is 9.52 Å². The van der Waals surface area contributed by atoms with Gasteiger partial charge in [0.15, 0.2) is 0 Å². The maximum atomic E-state index is 14.2. The number of benzene rings is 2. The Kier molecular flexibility index (Phi) is 5.76. The Morgan fingerprint density at radius 3 is 2.53 bits per heavy atom. The summed E-state index contributed by atoms with van der Waals surface area (Å²) in [5.74, 6) is -1.62. The number of nitrogens with one attached hydrogen (secondary N) is 3. The summed E-state index contributed by atoms with van der Waals surface area (Å²) in [6.07, 6.45) is 4.42. The van der Waals surface area contributed by atoms with Crippen LogP contribution in [0.4, 0.5) is 25.8 Å². The van der Waals surface area contributed by atoms with Crippen molar-refractivity contribution in [3.8, 4) is 0 Å². The highest BCUT2D eigenvalue weighted by Crippen LogP contribution is 2.54. The third kappa shape index (κ3) is 4.02. The van der Waals surface area contributed by atoms with E-state index in [1.54, 1.807) is 12.1 Å². The first-order chi connectivity index (χ1) is 16.2. The van der Waals surface area contributed by atoms with Crippen molar-refractivity contribution in [1.82, 2.24) is 4.90 Å². The number of hydrogen-bond donors (Lipinski definition) is 3. The molecular weight excluding hydrogens is 462 g/mol. The molecule has 34 heavy (non-hydrogen) atoms. The van der Waals surface area contributed by atoms with E-state index in [9.17, 15) is 22.0 Å². The van der Waals surface area contributed by atoms with Crippen LogP contribution in [0.25, 0.3) is 0 Å². The van der Waals surface area contributed by atoms with Crippen LogP contribution in [-0.4, -0.2) is 45.9 Å². The number of carbonyl (C=O) groups excluding carboxylic acids is 1. The number of anilines is 3. The molecule has 10 heteroatoms. The first-order valence-electron chi connectivity index (χ1n) is 11.6. The Balaban J connectivity index is 1.47. The molecule has 1 saturated carbocycles. The lowest BCUT2D eigenvalue weighted by molar-refractivity contribution is -0.123. The molecule has 0 radical (unpaired) electrons. The van der Waals surface area contributed by atoms with Crippen molar-refractivity contribution in [2.24, 2.45) is 5.92 Å². The summed E-state index contributed by atoms with van der Waals surface area (Å²) < 4.78 is 55.7. The quantitative estimate of drug-likeness (QED) is 0.572. The maximum absolute atomic E-state index is 14.2. The lowest BCUT2D eigenvalue weighted by Crippen LogP contribution is -2.40. The molecule has 2 aromatic rings. The zero-order valence-electron chi connectivity index (χ0n) is 19.0. The van der Waals surface area contributed by atoms with Gasteiger partial charge in [0.25, 0.3) is 10.0 Å². The molecule has 2 aromatic carbocycles. The summed E-state index contributed by atoms with van der Waals surface area (Å²) in [6, 6.07) is 5.63. The van der Waals surface area contributed by atoms with E-state index in [-0.39, 0.29) is 11.6 Å². The third-order valence-corrected chi connectivity index (χ3v) is 8.80. The average Bonchev–Trinajstić information content (AvgIpc) is 3.04. The zero-order valence-corrected chi connectivity index (χ0v) is 19.8. The van der Waals surface area contributed by atoms with Gasteiger partial charge in [-0.05, 0) is 81.6 Å². The molecule has 1 spiro atoms. The molecule has 0 aromatic heterocycles. The van der Waals surface area contributed by atoms with Crippen molar-refractivity contribution in [3.05, 3.63) is 47.5 Å². The molecule has 3 N–H and O–H groups in total. The van der Waals surface area contributed by atoms with Gasteiger partial charge in [0, 0.05) is 12.6 Å². The highest BCUT2D eigenvalue weighted by Gasteiger charge is 2.52. The van der Waals surface area contributed by atoms with E-state index in [1.807, 2.05) is 0 Å². The van der Waals surface area contributed by atoms with Crippen LogP contribution in [0.1, 0.15) is 37.7 Å². The van der Waals surface area contributed by atoms with E-state index < -0.39 is 32.0 Å². The highest BCUT2D eigenvalue weighted by atomic mass is 32.2. The van der Waals surface area contributed by atoms with Gasteiger partial charge < -0.3 is 15.5 Å². The largest absolute Gasteiger partial charge is 0.383 e. The molecule has 1 aliphatic carbocycles. The van der Waals surface area contributed by atoms with Crippen LogP contribution in [0.15, 0.2) is 35.2 Å². The summed E-state index contributed by atoms with van der Waals surface area (Å²) in [5, 5.41) is 6.43. The van der Waals surface area contributed by atoms with E-state index in [4.69, 9.17) is 0 Å². The number of sulfonamides is 1. The van der Waals surface area contributed by atoms with Gasteiger partial charge in [-0.15, -0.1) is 0 Å². The Morgan fingerprint density at radius 2 is 1.88 bits per heavy atom. The van der Waals surface area contributed by atoms with Gasteiger partial charge in [-0.25, -0.2) is 17.2 Å². The number of hydrogen-bond acceptors (Lipinski definition) is 5. The van der Waals surface area contributed by atoms with Crippen LogP contribution >= 0.6 is 0 Å². The number of fused-ring (bicyclic) bond motifs is 2. The van der Waals surface area contributed by atoms with Gasteiger partial charge in [-0.1, -0.05) is 6.42 Å². The van der Waals surface area contributed by atoms with Crippen LogP contribution in [0.3, 0.4) is 0 Å². The second-order valence-corrected chi connectivity index (χ2v) is 11.3. The molecule has 0 bridgehead atoms. The van der Waals surface area contributed by atoms with Crippen LogP contribution < -0.4 is 15.4 Å². The van der Waals surface area contributed by atoms with Crippen molar-refractivity contribution in [3.63, 3.8) is 0 Å². The topological polar surface area (TPSA) is 90.5 Å². The van der Waals surface area contributed by atoms with Crippen LogP contribution in [0.2, 0.25) is 0 Å². The minimum Gasteiger partial charge on any atom is -0.383 e. The fourth-order valence-corrected chi connectivity index (χ4v) is 6.26. The molecular formula is C24H28F2N4O3S. The number of amides is 1.